The van der Waals surface area contributed by atoms with Gasteiger partial charge in [-0.05, 0) is 56.4 Å². The van der Waals surface area contributed by atoms with E-state index in [1.165, 1.54) is 4.90 Å². The molecule has 1 atom stereocenters. The molecule has 0 saturated carbocycles. The highest BCUT2D eigenvalue weighted by molar-refractivity contribution is 5.92. The molecule has 1 unspecified atom stereocenters. The molecule has 5 nitrogen and oxygen atoms in total. The average molecular weight is 276 g/mol. The molecule has 1 aromatic rings. The maximum Gasteiger partial charge on any atom is 0.326 e. The molecule has 20 heavy (non-hydrogen) atoms. The molecule has 2 N–H and O–H groups in total. The number of carboxylic acids is 1. The molecule has 1 aliphatic rings. The molecule has 2 rings (SSSR count). The van der Waals surface area contributed by atoms with E-state index in [9.17, 15) is 14.7 Å². The van der Waals surface area contributed by atoms with Gasteiger partial charge < -0.3 is 15.3 Å². The Kier molecular flexibility index (Phi) is 4.27. The van der Waals surface area contributed by atoms with Crippen molar-refractivity contribution in [3.05, 3.63) is 29.3 Å². The number of anilines is 1. The van der Waals surface area contributed by atoms with Crippen LogP contribution < -0.4 is 5.32 Å². The number of carboxylic acid groups (broad SMARTS) is 1. The fraction of sp³-hybridized carbons (Fsp3) is 0.467. The van der Waals surface area contributed by atoms with E-state index in [0.29, 0.717) is 18.7 Å². The minimum Gasteiger partial charge on any atom is -0.480 e. The molecule has 0 aromatic heterocycles. The lowest BCUT2D eigenvalue weighted by Crippen LogP contribution is -2.49. The lowest BCUT2D eigenvalue weighted by atomic mass is 10.0. The molecule has 108 valence electrons. The molecule has 0 spiro atoms. The first-order valence-corrected chi connectivity index (χ1v) is 6.86. The highest BCUT2D eigenvalue weighted by atomic mass is 16.4. The van der Waals surface area contributed by atoms with E-state index >= 15 is 0 Å². The highest BCUT2D eigenvalue weighted by Crippen LogP contribution is 2.20. The van der Waals surface area contributed by atoms with Crippen LogP contribution in [0, 0.1) is 13.8 Å². The molecule has 0 bridgehead atoms. The van der Waals surface area contributed by atoms with Crippen molar-refractivity contribution in [2.24, 2.45) is 0 Å². The Hall–Kier alpha value is -2.04. The third-order valence-corrected chi connectivity index (χ3v) is 3.81. The van der Waals surface area contributed by atoms with Crippen molar-refractivity contribution < 1.29 is 14.7 Å². The first-order valence-electron chi connectivity index (χ1n) is 6.86. The number of hydrogen-bond acceptors (Lipinski definition) is 2. The quantitative estimate of drug-likeness (QED) is 0.872. The van der Waals surface area contributed by atoms with Crippen LogP contribution in [0.3, 0.4) is 0 Å². The standard InChI is InChI=1S/C15H20N2O3/c1-10-6-7-12(9-11(10)2)16-15(20)17-8-4-3-5-13(17)14(18)19/h6-7,9,13H,3-5,8H2,1-2H3,(H,16,20)(H,18,19). The predicted octanol–water partition coefficient (Wildman–Crippen LogP) is 2.77. The second kappa shape index (κ2) is 5.94. The van der Waals surface area contributed by atoms with Crippen LogP contribution in [0.5, 0.6) is 0 Å². The van der Waals surface area contributed by atoms with Crippen LogP contribution in [0.15, 0.2) is 18.2 Å². The van der Waals surface area contributed by atoms with Crippen LogP contribution in [-0.2, 0) is 4.79 Å². The smallest absolute Gasteiger partial charge is 0.326 e. The molecule has 1 heterocycles. The maximum absolute atomic E-state index is 12.2. The predicted molar refractivity (Wildman–Crippen MR) is 76.9 cm³/mol. The van der Waals surface area contributed by atoms with Crippen molar-refractivity contribution in [3.63, 3.8) is 0 Å². The van der Waals surface area contributed by atoms with Gasteiger partial charge in [-0.2, -0.15) is 0 Å². The number of amides is 2. The fourth-order valence-electron chi connectivity index (χ4n) is 2.45. The van der Waals surface area contributed by atoms with Crippen molar-refractivity contribution in [1.29, 1.82) is 0 Å². The zero-order valence-electron chi connectivity index (χ0n) is 11.8. The van der Waals surface area contributed by atoms with Gasteiger partial charge >= 0.3 is 12.0 Å². The van der Waals surface area contributed by atoms with E-state index in [4.69, 9.17) is 0 Å². The van der Waals surface area contributed by atoms with E-state index in [1.54, 1.807) is 0 Å². The van der Waals surface area contributed by atoms with Crippen LogP contribution in [-0.4, -0.2) is 34.6 Å². The summed E-state index contributed by atoms with van der Waals surface area (Å²) >= 11 is 0. The molecule has 0 aliphatic carbocycles. The summed E-state index contributed by atoms with van der Waals surface area (Å²) in [4.78, 5) is 24.8. The summed E-state index contributed by atoms with van der Waals surface area (Å²) in [5, 5.41) is 12.0. The van der Waals surface area contributed by atoms with Crippen molar-refractivity contribution in [2.45, 2.75) is 39.2 Å². The number of likely N-dealkylation sites (tertiary alicyclic amines) is 1. The summed E-state index contributed by atoms with van der Waals surface area (Å²) in [5.74, 6) is -0.931. The summed E-state index contributed by atoms with van der Waals surface area (Å²) in [5.41, 5.74) is 2.95. The summed E-state index contributed by atoms with van der Waals surface area (Å²) in [6.07, 6.45) is 2.23. The molecular formula is C15H20N2O3. The Morgan fingerprint density at radius 1 is 1.25 bits per heavy atom. The van der Waals surface area contributed by atoms with Gasteiger partial charge in [0, 0.05) is 12.2 Å². The number of aliphatic carboxylic acids is 1. The van der Waals surface area contributed by atoms with E-state index in [1.807, 2.05) is 32.0 Å². The zero-order chi connectivity index (χ0) is 14.7. The van der Waals surface area contributed by atoms with Crippen molar-refractivity contribution >= 4 is 17.7 Å². The second-order valence-corrected chi connectivity index (χ2v) is 5.27. The zero-order valence-corrected chi connectivity index (χ0v) is 11.8. The van der Waals surface area contributed by atoms with Gasteiger partial charge in [-0.25, -0.2) is 9.59 Å². The number of piperidine rings is 1. The third kappa shape index (κ3) is 3.10. The Balaban J connectivity index is 2.09. The summed E-state index contributed by atoms with van der Waals surface area (Å²) < 4.78 is 0. The normalized spacial score (nSPS) is 18.7. The average Bonchev–Trinajstić information content (AvgIpc) is 2.43. The maximum atomic E-state index is 12.2. The molecule has 1 aromatic carbocycles. The number of rotatable bonds is 2. The van der Waals surface area contributed by atoms with Crippen LogP contribution in [0.25, 0.3) is 0 Å². The number of nitrogens with zero attached hydrogens (tertiary/aromatic N) is 1. The van der Waals surface area contributed by atoms with Crippen LogP contribution in [0.1, 0.15) is 30.4 Å². The molecule has 1 saturated heterocycles. The first kappa shape index (κ1) is 14.4. The molecule has 5 heteroatoms. The highest BCUT2D eigenvalue weighted by Gasteiger charge is 2.31. The van der Waals surface area contributed by atoms with Gasteiger partial charge in [0.2, 0.25) is 0 Å². The number of nitrogens with one attached hydrogen (secondary N) is 1. The van der Waals surface area contributed by atoms with Gasteiger partial charge in [-0.15, -0.1) is 0 Å². The Labute approximate surface area is 118 Å². The van der Waals surface area contributed by atoms with Gasteiger partial charge in [0.15, 0.2) is 0 Å². The second-order valence-electron chi connectivity index (χ2n) is 5.27. The van der Waals surface area contributed by atoms with Crippen molar-refractivity contribution in [1.82, 2.24) is 4.90 Å². The minimum absolute atomic E-state index is 0.333. The van der Waals surface area contributed by atoms with Gasteiger partial charge in [0.05, 0.1) is 0 Å². The van der Waals surface area contributed by atoms with Gasteiger partial charge in [-0.3, -0.25) is 0 Å². The Morgan fingerprint density at radius 3 is 2.65 bits per heavy atom. The summed E-state index contributed by atoms with van der Waals surface area (Å²) in [6.45, 7) is 4.48. The Bertz CT molecular complexity index is 528. The van der Waals surface area contributed by atoms with Gasteiger partial charge in [-0.1, -0.05) is 6.07 Å². The fourth-order valence-corrected chi connectivity index (χ4v) is 2.45. The number of urea groups is 1. The van der Waals surface area contributed by atoms with Gasteiger partial charge in [0.25, 0.3) is 0 Å². The largest absolute Gasteiger partial charge is 0.480 e. The van der Waals surface area contributed by atoms with Crippen molar-refractivity contribution in [3.8, 4) is 0 Å². The minimum atomic E-state index is -0.931. The van der Waals surface area contributed by atoms with Crippen LogP contribution in [0.2, 0.25) is 0 Å². The number of carbonyl (C=O) groups excluding carboxylic acids is 1. The number of benzene rings is 1. The monoisotopic (exact) mass is 276 g/mol. The Morgan fingerprint density at radius 2 is 2.00 bits per heavy atom. The molecule has 1 aliphatic heterocycles. The van der Waals surface area contributed by atoms with Gasteiger partial charge in [0.1, 0.15) is 6.04 Å². The SMILES string of the molecule is Cc1ccc(NC(=O)N2CCCCC2C(=O)O)cc1C. The van der Waals surface area contributed by atoms with E-state index in [-0.39, 0.29) is 6.03 Å². The lowest BCUT2D eigenvalue weighted by molar-refractivity contribution is -0.143. The van der Waals surface area contributed by atoms with Crippen LogP contribution >= 0.6 is 0 Å². The third-order valence-electron chi connectivity index (χ3n) is 3.81. The molecule has 0 radical (unpaired) electrons. The summed E-state index contributed by atoms with van der Waals surface area (Å²) in [6, 6.07) is 4.62. The topological polar surface area (TPSA) is 69.6 Å². The first-order chi connectivity index (χ1) is 9.49. The van der Waals surface area contributed by atoms with E-state index in [0.717, 1.165) is 24.0 Å². The lowest BCUT2D eigenvalue weighted by Gasteiger charge is -2.32. The molecule has 1 fully saturated rings. The number of hydrogen-bond donors (Lipinski definition) is 2. The van der Waals surface area contributed by atoms with Crippen LogP contribution in [0.4, 0.5) is 10.5 Å². The molecule has 2 amide bonds. The van der Waals surface area contributed by atoms with E-state index in [2.05, 4.69) is 5.32 Å². The number of carbonyl (C=O) groups is 2. The van der Waals surface area contributed by atoms with E-state index < -0.39 is 12.0 Å². The van der Waals surface area contributed by atoms with Crippen molar-refractivity contribution in [2.75, 3.05) is 11.9 Å². The number of aryl methyl sites for hydroxylation is 2. The summed E-state index contributed by atoms with van der Waals surface area (Å²) in [7, 11) is 0. The molecular weight excluding hydrogens is 256 g/mol.